The Morgan fingerprint density at radius 3 is 2.48 bits per heavy atom. The van der Waals surface area contributed by atoms with Gasteiger partial charge in [0.2, 0.25) is 27.6 Å². The molecule has 0 bridgehead atoms. The van der Waals surface area contributed by atoms with Crippen LogP contribution in [-0.4, -0.2) is 48.2 Å². The highest BCUT2D eigenvalue weighted by Crippen LogP contribution is 2.20. The second-order valence-corrected chi connectivity index (χ2v) is 8.74. The lowest BCUT2D eigenvalue weighted by molar-refractivity contribution is -0.121. The fraction of sp³-hybridized carbons (Fsp3) is 0.286. The first kappa shape index (κ1) is 22.4. The maximum Gasteiger partial charge on any atom is 0.246 e. The predicted octanol–water partition coefficient (Wildman–Crippen LogP) is 2.21. The number of nitrogens with zero attached hydrogens (tertiary/aromatic N) is 3. The van der Waals surface area contributed by atoms with Crippen molar-refractivity contribution in [3.05, 3.63) is 66.1 Å². The second kappa shape index (κ2) is 10.2. The van der Waals surface area contributed by atoms with Crippen molar-refractivity contribution in [1.82, 2.24) is 19.8 Å². The minimum Gasteiger partial charge on any atom is -0.494 e. The zero-order valence-electron chi connectivity index (χ0n) is 17.3. The van der Waals surface area contributed by atoms with Gasteiger partial charge in [0, 0.05) is 12.1 Å². The molecule has 0 aliphatic carbocycles. The summed E-state index contributed by atoms with van der Waals surface area (Å²) in [5.41, 5.74) is 1.54. The van der Waals surface area contributed by atoms with Crippen molar-refractivity contribution in [3.8, 4) is 17.1 Å². The maximum absolute atomic E-state index is 12.3. The first-order valence-corrected chi connectivity index (χ1v) is 11.5. The van der Waals surface area contributed by atoms with E-state index in [9.17, 15) is 13.2 Å². The van der Waals surface area contributed by atoms with Crippen LogP contribution in [0.2, 0.25) is 0 Å². The molecule has 1 N–H and O–H groups in total. The van der Waals surface area contributed by atoms with Crippen molar-refractivity contribution in [3.63, 3.8) is 0 Å². The molecule has 0 radical (unpaired) electrons. The van der Waals surface area contributed by atoms with Crippen LogP contribution in [0.1, 0.15) is 18.4 Å². The number of hydrogen-bond donors (Lipinski definition) is 1. The number of benzene rings is 2. The van der Waals surface area contributed by atoms with Crippen LogP contribution in [0.4, 0.5) is 0 Å². The first-order chi connectivity index (χ1) is 14.8. The van der Waals surface area contributed by atoms with E-state index in [2.05, 4.69) is 15.5 Å². The molecule has 1 amide bonds. The summed E-state index contributed by atoms with van der Waals surface area (Å²) in [4.78, 5) is 16.6. The number of amides is 1. The van der Waals surface area contributed by atoms with E-state index in [4.69, 9.17) is 9.26 Å². The zero-order valence-corrected chi connectivity index (χ0v) is 18.1. The molecule has 0 spiro atoms. The average Bonchev–Trinajstić information content (AvgIpc) is 3.22. The van der Waals surface area contributed by atoms with E-state index >= 15 is 0 Å². The van der Waals surface area contributed by atoms with Crippen LogP contribution < -0.4 is 10.1 Å². The topological polar surface area (TPSA) is 115 Å². The third kappa shape index (κ3) is 6.63. The Hall–Kier alpha value is -3.24. The molecule has 0 saturated carbocycles. The van der Waals surface area contributed by atoms with Crippen LogP contribution in [0.3, 0.4) is 0 Å². The van der Waals surface area contributed by atoms with Gasteiger partial charge < -0.3 is 14.6 Å². The Bertz CT molecular complexity index is 1100. The molecule has 1 heterocycles. The molecule has 0 aliphatic heterocycles. The Labute approximate surface area is 181 Å². The number of aromatic nitrogens is 2. The van der Waals surface area contributed by atoms with E-state index in [1.54, 1.807) is 12.1 Å². The number of rotatable bonds is 10. The molecule has 164 valence electrons. The lowest BCUT2D eigenvalue weighted by Gasteiger charge is -2.19. The molecule has 0 saturated heterocycles. The molecule has 31 heavy (non-hydrogen) atoms. The van der Waals surface area contributed by atoms with E-state index in [0.29, 0.717) is 12.4 Å². The Morgan fingerprint density at radius 1 is 1.13 bits per heavy atom. The van der Waals surface area contributed by atoms with E-state index in [1.165, 1.54) is 0 Å². The third-order valence-electron chi connectivity index (χ3n) is 4.32. The van der Waals surface area contributed by atoms with Gasteiger partial charge in [0.05, 0.1) is 26.0 Å². The van der Waals surface area contributed by atoms with Gasteiger partial charge in [0.1, 0.15) is 5.75 Å². The van der Waals surface area contributed by atoms with Crippen molar-refractivity contribution in [2.75, 3.05) is 19.4 Å². The van der Waals surface area contributed by atoms with Gasteiger partial charge in [0.25, 0.3) is 0 Å². The summed E-state index contributed by atoms with van der Waals surface area (Å²) in [5, 5.41) is 6.53. The van der Waals surface area contributed by atoms with Gasteiger partial charge in [-0.25, -0.2) is 8.42 Å². The summed E-state index contributed by atoms with van der Waals surface area (Å²) in [5.74, 6) is 0.871. The number of nitrogens with one attached hydrogen (secondary N) is 1. The van der Waals surface area contributed by atoms with Crippen LogP contribution >= 0.6 is 0 Å². The predicted molar refractivity (Wildman–Crippen MR) is 114 cm³/mol. The molecular formula is C21H24N4O5S. The summed E-state index contributed by atoms with van der Waals surface area (Å²) >= 11 is 0. The van der Waals surface area contributed by atoms with Crippen molar-refractivity contribution in [1.29, 1.82) is 0 Å². The largest absolute Gasteiger partial charge is 0.494 e. The fourth-order valence-electron chi connectivity index (χ4n) is 2.78. The van der Waals surface area contributed by atoms with E-state index in [0.717, 1.165) is 27.4 Å². The average molecular weight is 445 g/mol. The maximum atomic E-state index is 12.3. The van der Waals surface area contributed by atoms with Crippen LogP contribution in [0, 0.1) is 0 Å². The van der Waals surface area contributed by atoms with E-state index in [1.807, 2.05) is 49.4 Å². The highest BCUT2D eigenvalue weighted by Gasteiger charge is 2.21. The number of hydrogen-bond acceptors (Lipinski definition) is 7. The number of sulfonamides is 1. The molecule has 2 aromatic carbocycles. The molecule has 3 rings (SSSR count). The van der Waals surface area contributed by atoms with E-state index in [-0.39, 0.29) is 25.5 Å². The third-order valence-corrected chi connectivity index (χ3v) is 5.52. The summed E-state index contributed by atoms with van der Waals surface area (Å²) in [6.45, 7) is 2.27. The van der Waals surface area contributed by atoms with Gasteiger partial charge >= 0.3 is 0 Å². The Kier molecular flexibility index (Phi) is 7.37. The smallest absolute Gasteiger partial charge is 0.246 e. The summed E-state index contributed by atoms with van der Waals surface area (Å²) in [6, 6.07) is 16.3. The van der Waals surface area contributed by atoms with Gasteiger partial charge in [-0.15, -0.1) is 0 Å². The fourth-order valence-corrected chi connectivity index (χ4v) is 3.51. The second-order valence-electron chi connectivity index (χ2n) is 6.76. The lowest BCUT2D eigenvalue weighted by Crippen LogP contribution is -2.39. The molecule has 1 aromatic heterocycles. The van der Waals surface area contributed by atoms with Crippen molar-refractivity contribution < 1.29 is 22.5 Å². The van der Waals surface area contributed by atoms with Gasteiger partial charge in [-0.05, 0) is 36.8 Å². The summed E-state index contributed by atoms with van der Waals surface area (Å²) in [6.07, 6.45) is 1.07. The van der Waals surface area contributed by atoms with Crippen LogP contribution in [-0.2, 0) is 27.9 Å². The highest BCUT2D eigenvalue weighted by atomic mass is 32.2. The molecule has 0 atom stereocenters. The minimum atomic E-state index is -3.57. The van der Waals surface area contributed by atoms with Gasteiger partial charge in [0.15, 0.2) is 0 Å². The highest BCUT2D eigenvalue weighted by molar-refractivity contribution is 7.88. The molecular weight excluding hydrogens is 420 g/mol. The molecule has 0 aliphatic rings. The molecule has 9 nitrogen and oxygen atoms in total. The number of carbonyl (C=O) groups excluding carboxylic acids is 1. The SMILES string of the molecule is CCOc1ccc(-c2noc(CNC(=O)CN(Cc3ccccc3)S(C)(=O)=O)n2)cc1. The monoisotopic (exact) mass is 444 g/mol. The van der Waals surface area contributed by atoms with Gasteiger partial charge in [-0.1, -0.05) is 35.5 Å². The molecule has 0 unspecified atom stereocenters. The van der Waals surface area contributed by atoms with Gasteiger partial charge in [-0.3, -0.25) is 4.79 Å². The number of ether oxygens (including phenoxy) is 1. The minimum absolute atomic E-state index is 0.00813. The molecule has 0 fully saturated rings. The number of carbonyl (C=O) groups is 1. The van der Waals surface area contributed by atoms with Crippen molar-refractivity contribution in [2.24, 2.45) is 0 Å². The lowest BCUT2D eigenvalue weighted by atomic mass is 10.2. The quantitative estimate of drug-likeness (QED) is 0.510. The summed E-state index contributed by atoms with van der Waals surface area (Å²) in [7, 11) is -3.57. The standard InChI is InChI=1S/C21H24N4O5S/c1-3-29-18-11-9-17(10-12-18)21-23-20(30-24-21)13-22-19(26)15-25(31(2,27)28)14-16-7-5-4-6-8-16/h4-12H,3,13-15H2,1-2H3,(H,22,26). The first-order valence-electron chi connectivity index (χ1n) is 9.66. The molecule has 10 heteroatoms. The molecule has 3 aromatic rings. The van der Waals surface area contributed by atoms with Gasteiger partial charge in [-0.2, -0.15) is 9.29 Å². The van der Waals surface area contributed by atoms with Crippen molar-refractivity contribution in [2.45, 2.75) is 20.0 Å². The van der Waals surface area contributed by atoms with Crippen LogP contribution in [0.5, 0.6) is 5.75 Å². The normalized spacial score (nSPS) is 11.5. The Morgan fingerprint density at radius 2 is 1.84 bits per heavy atom. The zero-order chi connectivity index (χ0) is 22.3. The van der Waals surface area contributed by atoms with Crippen LogP contribution in [0.25, 0.3) is 11.4 Å². The Balaban J connectivity index is 1.57. The van der Waals surface area contributed by atoms with E-state index < -0.39 is 15.9 Å². The summed E-state index contributed by atoms with van der Waals surface area (Å²) < 4.78 is 35.8. The van der Waals surface area contributed by atoms with Crippen molar-refractivity contribution >= 4 is 15.9 Å². The van der Waals surface area contributed by atoms with Crippen LogP contribution in [0.15, 0.2) is 59.1 Å².